The van der Waals surface area contributed by atoms with Crippen LogP contribution >= 0.6 is 0 Å². The molecule has 0 unspecified atom stereocenters. The zero-order valence-electron chi connectivity index (χ0n) is 11.6. The van der Waals surface area contributed by atoms with Crippen LogP contribution in [0.25, 0.3) is 21.8 Å². The number of nitrogens with one attached hydrogen (secondary N) is 1. The molecule has 1 aliphatic rings. The summed E-state index contributed by atoms with van der Waals surface area (Å²) in [5.74, 6) is 1.12. The Bertz CT molecular complexity index is 753. The van der Waals surface area contributed by atoms with Gasteiger partial charge in [0.05, 0.1) is 11.0 Å². The molecule has 1 fully saturated rings. The largest absolute Gasteiger partial charge is 0.361 e. The Morgan fingerprint density at radius 3 is 2.65 bits per heavy atom. The van der Waals surface area contributed by atoms with Crippen LogP contribution in [0.1, 0.15) is 0 Å². The fraction of sp³-hybridized carbons (Fsp3) is 0.312. The highest BCUT2D eigenvalue weighted by Crippen LogP contribution is 2.30. The lowest BCUT2D eigenvalue weighted by Crippen LogP contribution is -2.44. The second-order valence-electron chi connectivity index (χ2n) is 5.51. The van der Waals surface area contributed by atoms with E-state index in [9.17, 15) is 0 Å². The van der Waals surface area contributed by atoms with Gasteiger partial charge in [-0.3, -0.25) is 0 Å². The zero-order chi connectivity index (χ0) is 13.5. The van der Waals surface area contributed by atoms with Gasteiger partial charge in [0.15, 0.2) is 0 Å². The first-order chi connectivity index (χ1) is 9.83. The molecule has 1 aromatic carbocycles. The molecule has 1 N–H and O–H groups in total. The minimum atomic E-state index is 1.04. The van der Waals surface area contributed by atoms with Crippen molar-refractivity contribution in [3.63, 3.8) is 0 Å². The summed E-state index contributed by atoms with van der Waals surface area (Å²) in [5.41, 5.74) is 2.26. The van der Waals surface area contributed by atoms with E-state index in [-0.39, 0.29) is 0 Å². The average molecular weight is 266 g/mol. The number of fused-ring (bicyclic) bond motifs is 3. The molecule has 0 atom stereocenters. The van der Waals surface area contributed by atoms with Gasteiger partial charge in [-0.1, -0.05) is 18.2 Å². The average Bonchev–Trinajstić information content (AvgIpc) is 2.97. The summed E-state index contributed by atoms with van der Waals surface area (Å²) >= 11 is 0. The number of H-pyrrole nitrogens is 1. The summed E-state index contributed by atoms with van der Waals surface area (Å²) < 4.78 is 0. The van der Waals surface area contributed by atoms with Gasteiger partial charge < -0.3 is 14.8 Å². The molecule has 4 rings (SSSR count). The van der Waals surface area contributed by atoms with E-state index >= 15 is 0 Å². The molecule has 0 amide bonds. The van der Waals surface area contributed by atoms with Crippen LogP contribution in [0.4, 0.5) is 5.82 Å². The number of aromatic amines is 1. The van der Waals surface area contributed by atoms with Crippen molar-refractivity contribution < 1.29 is 0 Å². The number of likely N-dealkylation sites (N-methyl/N-ethyl adjacent to an activating group) is 1. The molecule has 0 radical (unpaired) electrons. The minimum absolute atomic E-state index is 1.04. The normalized spacial score (nSPS) is 17.1. The number of hydrogen-bond acceptors (Lipinski definition) is 3. The lowest BCUT2D eigenvalue weighted by atomic mass is 10.1. The third-order valence-corrected chi connectivity index (χ3v) is 4.19. The molecule has 0 spiro atoms. The maximum atomic E-state index is 4.91. The maximum Gasteiger partial charge on any atom is 0.138 e. The Morgan fingerprint density at radius 1 is 1.00 bits per heavy atom. The summed E-state index contributed by atoms with van der Waals surface area (Å²) in [4.78, 5) is 13.1. The van der Waals surface area contributed by atoms with Gasteiger partial charge in [0, 0.05) is 43.1 Å². The Kier molecular flexibility index (Phi) is 2.63. The van der Waals surface area contributed by atoms with E-state index < -0.39 is 0 Å². The van der Waals surface area contributed by atoms with Crippen LogP contribution in [0.3, 0.4) is 0 Å². The number of para-hydroxylation sites is 1. The smallest absolute Gasteiger partial charge is 0.138 e. The van der Waals surface area contributed by atoms with Crippen molar-refractivity contribution in [3.05, 3.63) is 36.5 Å². The molecule has 4 heteroatoms. The molecular formula is C16H18N4. The number of hydrogen-bond donors (Lipinski definition) is 1. The predicted molar refractivity (Wildman–Crippen MR) is 83.3 cm³/mol. The lowest BCUT2D eigenvalue weighted by molar-refractivity contribution is 0.312. The summed E-state index contributed by atoms with van der Waals surface area (Å²) in [7, 11) is 2.18. The summed E-state index contributed by atoms with van der Waals surface area (Å²) in [6, 6.07) is 10.5. The standard InChI is InChI=1S/C16H18N4/c1-19-8-10-20(11-9-19)16-13-6-7-17-15(13)12-4-2-3-5-14(12)18-16/h2-7,17H,8-11H2,1H3. The van der Waals surface area contributed by atoms with Crippen LogP contribution in [0.15, 0.2) is 36.5 Å². The van der Waals surface area contributed by atoms with E-state index in [1.54, 1.807) is 0 Å². The van der Waals surface area contributed by atoms with Crippen LogP contribution in [0, 0.1) is 0 Å². The van der Waals surface area contributed by atoms with Crippen molar-refractivity contribution in [3.8, 4) is 0 Å². The molecule has 3 aromatic rings. The number of benzene rings is 1. The molecule has 0 aliphatic carbocycles. The first-order valence-electron chi connectivity index (χ1n) is 7.12. The number of rotatable bonds is 1. The van der Waals surface area contributed by atoms with E-state index in [1.807, 2.05) is 6.20 Å². The second kappa shape index (κ2) is 4.49. The summed E-state index contributed by atoms with van der Waals surface area (Å²) in [6.07, 6.45) is 2.01. The second-order valence-corrected chi connectivity index (χ2v) is 5.51. The predicted octanol–water partition coefficient (Wildman–Crippen LogP) is 2.47. The van der Waals surface area contributed by atoms with Gasteiger partial charge >= 0.3 is 0 Å². The summed E-state index contributed by atoms with van der Waals surface area (Å²) in [5, 5.41) is 2.43. The number of aromatic nitrogens is 2. The van der Waals surface area contributed by atoms with Crippen molar-refractivity contribution in [2.24, 2.45) is 0 Å². The molecular weight excluding hydrogens is 248 g/mol. The quantitative estimate of drug-likeness (QED) is 0.735. The van der Waals surface area contributed by atoms with E-state index in [0.717, 1.165) is 37.5 Å². The fourth-order valence-electron chi connectivity index (χ4n) is 2.99. The molecule has 1 aliphatic heterocycles. The van der Waals surface area contributed by atoms with Gasteiger partial charge in [0.2, 0.25) is 0 Å². The van der Waals surface area contributed by atoms with Gasteiger partial charge in [-0.25, -0.2) is 4.98 Å². The number of pyridine rings is 1. The van der Waals surface area contributed by atoms with Crippen LogP contribution in [0.2, 0.25) is 0 Å². The number of piperazine rings is 1. The molecule has 0 bridgehead atoms. The molecule has 102 valence electrons. The third kappa shape index (κ3) is 1.76. The van der Waals surface area contributed by atoms with Crippen LogP contribution in [0.5, 0.6) is 0 Å². The topological polar surface area (TPSA) is 35.2 Å². The first kappa shape index (κ1) is 11.7. The molecule has 4 nitrogen and oxygen atoms in total. The van der Waals surface area contributed by atoms with Gasteiger partial charge in [-0.05, 0) is 19.2 Å². The van der Waals surface area contributed by atoms with E-state index in [0.29, 0.717) is 0 Å². The SMILES string of the molecule is CN1CCN(c2nc3ccccc3c3[nH]ccc23)CC1. The first-order valence-corrected chi connectivity index (χ1v) is 7.12. The van der Waals surface area contributed by atoms with Gasteiger partial charge in [0.1, 0.15) is 5.82 Å². The molecule has 0 saturated carbocycles. The fourth-order valence-corrected chi connectivity index (χ4v) is 2.99. The highest BCUT2D eigenvalue weighted by molar-refractivity contribution is 6.08. The van der Waals surface area contributed by atoms with Crippen LogP contribution in [-0.4, -0.2) is 48.1 Å². The monoisotopic (exact) mass is 266 g/mol. The Hall–Kier alpha value is -2.07. The van der Waals surface area contributed by atoms with Crippen molar-refractivity contribution in [2.45, 2.75) is 0 Å². The highest BCUT2D eigenvalue weighted by Gasteiger charge is 2.19. The third-order valence-electron chi connectivity index (χ3n) is 4.19. The minimum Gasteiger partial charge on any atom is -0.361 e. The van der Waals surface area contributed by atoms with E-state index in [1.165, 1.54) is 16.3 Å². The Labute approximate surface area is 118 Å². The molecule has 1 saturated heterocycles. The van der Waals surface area contributed by atoms with Gasteiger partial charge in [-0.15, -0.1) is 0 Å². The lowest BCUT2D eigenvalue weighted by Gasteiger charge is -2.33. The van der Waals surface area contributed by atoms with E-state index in [4.69, 9.17) is 4.98 Å². The summed E-state index contributed by atoms with van der Waals surface area (Å²) in [6.45, 7) is 4.28. The maximum absolute atomic E-state index is 4.91. The highest BCUT2D eigenvalue weighted by atomic mass is 15.3. The Morgan fingerprint density at radius 2 is 1.80 bits per heavy atom. The van der Waals surface area contributed by atoms with Gasteiger partial charge in [-0.2, -0.15) is 0 Å². The molecule has 3 heterocycles. The molecule has 20 heavy (non-hydrogen) atoms. The molecule has 2 aromatic heterocycles. The van der Waals surface area contributed by atoms with Crippen LogP contribution in [-0.2, 0) is 0 Å². The van der Waals surface area contributed by atoms with Crippen molar-refractivity contribution in [2.75, 3.05) is 38.1 Å². The van der Waals surface area contributed by atoms with Crippen molar-refractivity contribution in [1.29, 1.82) is 0 Å². The number of anilines is 1. The van der Waals surface area contributed by atoms with Crippen LogP contribution < -0.4 is 4.90 Å². The van der Waals surface area contributed by atoms with Gasteiger partial charge in [0.25, 0.3) is 0 Å². The van der Waals surface area contributed by atoms with Crippen molar-refractivity contribution >= 4 is 27.6 Å². The zero-order valence-corrected chi connectivity index (χ0v) is 11.6. The van der Waals surface area contributed by atoms with Crippen molar-refractivity contribution in [1.82, 2.24) is 14.9 Å². The number of nitrogens with zero attached hydrogens (tertiary/aromatic N) is 3. The Balaban J connectivity index is 1.90. The van der Waals surface area contributed by atoms with E-state index in [2.05, 4.69) is 52.2 Å².